The summed E-state index contributed by atoms with van der Waals surface area (Å²) in [4.78, 5) is 0. The first-order chi connectivity index (χ1) is 8.37. The molecule has 1 aromatic carbocycles. The molecule has 0 fully saturated rings. The number of nitrogens with one attached hydrogen (secondary N) is 1. The van der Waals surface area contributed by atoms with Crippen LogP contribution < -0.4 is 5.32 Å². The van der Waals surface area contributed by atoms with Crippen LogP contribution in [0.2, 0.25) is 0 Å². The Morgan fingerprint density at radius 3 is 2.39 bits per heavy atom. The average molecular weight is 274 g/mol. The van der Waals surface area contributed by atoms with Gasteiger partial charge >= 0.3 is 0 Å². The molecule has 1 unspecified atom stereocenters. The van der Waals surface area contributed by atoms with Crippen LogP contribution >= 0.6 is 0 Å². The Balaban J connectivity index is 2.75. The fourth-order valence-electron chi connectivity index (χ4n) is 1.64. The van der Waals surface area contributed by atoms with Crippen molar-refractivity contribution < 1.29 is 12.8 Å². The van der Waals surface area contributed by atoms with E-state index in [2.05, 4.69) is 5.32 Å². The summed E-state index contributed by atoms with van der Waals surface area (Å²) in [5, 5.41) is 2.35. The number of hydrogen-bond donors (Lipinski definition) is 1. The Hall–Kier alpha value is -0.980. The maximum atomic E-state index is 12.7. The molecule has 1 aromatic rings. The highest BCUT2D eigenvalue weighted by Crippen LogP contribution is 2.12. The van der Waals surface area contributed by atoms with Crippen LogP contribution in [0.15, 0.2) is 24.3 Å². The van der Waals surface area contributed by atoms with Crippen LogP contribution in [0.1, 0.15) is 12.5 Å². The highest BCUT2D eigenvalue weighted by Gasteiger charge is 2.25. The summed E-state index contributed by atoms with van der Waals surface area (Å²) in [5.41, 5.74) is 0.763. The van der Waals surface area contributed by atoms with Gasteiger partial charge in [0.05, 0.1) is 5.25 Å². The molecule has 6 heteroatoms. The van der Waals surface area contributed by atoms with Crippen molar-refractivity contribution in [2.45, 2.75) is 18.7 Å². The first-order valence-electron chi connectivity index (χ1n) is 5.72. The first kappa shape index (κ1) is 15.1. The van der Waals surface area contributed by atoms with Crippen LogP contribution in [0, 0.1) is 5.82 Å². The zero-order valence-electron chi connectivity index (χ0n) is 10.9. The maximum absolute atomic E-state index is 12.7. The van der Waals surface area contributed by atoms with E-state index in [0.717, 1.165) is 5.56 Å². The van der Waals surface area contributed by atoms with E-state index in [4.69, 9.17) is 0 Å². The minimum Gasteiger partial charge on any atom is -0.318 e. The minimum absolute atomic E-state index is 0.247. The molecule has 0 amide bonds. The molecule has 0 radical (unpaired) electrons. The van der Waals surface area contributed by atoms with Gasteiger partial charge in [0.2, 0.25) is 10.0 Å². The third kappa shape index (κ3) is 3.76. The molecule has 0 bridgehead atoms. The molecule has 0 aromatic heterocycles. The van der Waals surface area contributed by atoms with E-state index >= 15 is 0 Å². The molecule has 18 heavy (non-hydrogen) atoms. The van der Waals surface area contributed by atoms with Gasteiger partial charge in [-0.15, -0.1) is 0 Å². The van der Waals surface area contributed by atoms with Crippen LogP contribution in [0.25, 0.3) is 0 Å². The molecular formula is C12H19FN2O2S. The van der Waals surface area contributed by atoms with Gasteiger partial charge in [0.15, 0.2) is 0 Å². The van der Waals surface area contributed by atoms with E-state index < -0.39 is 15.3 Å². The van der Waals surface area contributed by atoms with Crippen LogP contribution in [-0.2, 0) is 16.6 Å². The van der Waals surface area contributed by atoms with Gasteiger partial charge < -0.3 is 5.32 Å². The van der Waals surface area contributed by atoms with Gasteiger partial charge in [-0.05, 0) is 31.7 Å². The SMILES string of the molecule is CNCC(C)S(=O)(=O)N(C)Cc1ccc(F)cc1. The lowest BCUT2D eigenvalue weighted by Gasteiger charge is -2.21. The predicted molar refractivity (Wildman–Crippen MR) is 70.2 cm³/mol. The molecule has 0 heterocycles. The van der Waals surface area contributed by atoms with E-state index in [0.29, 0.717) is 6.54 Å². The summed E-state index contributed by atoms with van der Waals surface area (Å²) in [6.45, 7) is 2.31. The van der Waals surface area contributed by atoms with Crippen molar-refractivity contribution in [3.63, 3.8) is 0 Å². The molecule has 0 aliphatic heterocycles. The Kier molecular flexibility index (Phi) is 5.25. The van der Waals surface area contributed by atoms with Crippen molar-refractivity contribution >= 4 is 10.0 Å². The normalized spacial score (nSPS) is 13.8. The summed E-state index contributed by atoms with van der Waals surface area (Å²) < 4.78 is 38.2. The van der Waals surface area contributed by atoms with Crippen LogP contribution in [0.3, 0.4) is 0 Å². The van der Waals surface area contributed by atoms with Gasteiger partial charge in [0, 0.05) is 20.1 Å². The molecule has 0 aliphatic carbocycles. The molecule has 1 atom stereocenters. The summed E-state index contributed by atoms with van der Waals surface area (Å²) >= 11 is 0. The predicted octanol–water partition coefficient (Wildman–Crippen LogP) is 1.20. The number of sulfonamides is 1. The van der Waals surface area contributed by atoms with Crippen molar-refractivity contribution in [2.24, 2.45) is 0 Å². The van der Waals surface area contributed by atoms with Crippen LogP contribution in [-0.4, -0.2) is 38.6 Å². The quantitative estimate of drug-likeness (QED) is 0.848. The molecule has 0 spiro atoms. The van der Waals surface area contributed by atoms with Gasteiger partial charge in [0.25, 0.3) is 0 Å². The lowest BCUT2D eigenvalue weighted by atomic mass is 10.2. The topological polar surface area (TPSA) is 49.4 Å². The van der Waals surface area contributed by atoms with Gasteiger partial charge in [0.1, 0.15) is 5.82 Å². The molecule has 102 valence electrons. The molecule has 0 aliphatic rings. The highest BCUT2D eigenvalue weighted by atomic mass is 32.2. The number of rotatable bonds is 6. The van der Waals surface area contributed by atoms with Crippen molar-refractivity contribution in [1.29, 1.82) is 0 Å². The second-order valence-corrected chi connectivity index (χ2v) is 6.75. The Labute approximate surface area is 108 Å². The Bertz CT molecular complexity index is 473. The fourth-order valence-corrected chi connectivity index (χ4v) is 2.96. The fraction of sp³-hybridized carbons (Fsp3) is 0.500. The smallest absolute Gasteiger partial charge is 0.218 e. The van der Waals surface area contributed by atoms with Gasteiger partial charge in [-0.2, -0.15) is 0 Å². The van der Waals surface area contributed by atoms with E-state index in [1.165, 1.54) is 23.5 Å². The van der Waals surface area contributed by atoms with Crippen molar-refractivity contribution in [2.75, 3.05) is 20.6 Å². The van der Waals surface area contributed by atoms with Gasteiger partial charge in [-0.3, -0.25) is 0 Å². The zero-order chi connectivity index (χ0) is 13.8. The molecule has 0 saturated heterocycles. The second-order valence-electron chi connectivity index (χ2n) is 4.30. The number of benzene rings is 1. The first-order valence-corrected chi connectivity index (χ1v) is 7.22. The standard InChI is InChI=1S/C12H19FN2O2S/c1-10(8-14-2)18(16,17)15(3)9-11-4-6-12(13)7-5-11/h4-7,10,14H,8-9H2,1-3H3. The zero-order valence-corrected chi connectivity index (χ0v) is 11.7. The third-order valence-corrected chi connectivity index (χ3v) is 4.93. The highest BCUT2D eigenvalue weighted by molar-refractivity contribution is 7.89. The third-order valence-electron chi connectivity index (χ3n) is 2.75. The monoisotopic (exact) mass is 274 g/mol. The maximum Gasteiger partial charge on any atom is 0.218 e. The Morgan fingerprint density at radius 2 is 1.89 bits per heavy atom. The van der Waals surface area contributed by atoms with E-state index in [1.807, 2.05) is 0 Å². The summed E-state index contributed by atoms with van der Waals surface area (Å²) in [6.07, 6.45) is 0. The number of nitrogens with zero attached hydrogens (tertiary/aromatic N) is 1. The van der Waals surface area contributed by atoms with Crippen molar-refractivity contribution in [1.82, 2.24) is 9.62 Å². The van der Waals surface area contributed by atoms with Gasteiger partial charge in [-0.1, -0.05) is 12.1 Å². The summed E-state index contributed by atoms with van der Waals surface area (Å²) in [6, 6.07) is 5.83. The van der Waals surface area contributed by atoms with E-state index in [1.54, 1.807) is 26.1 Å². The molecule has 1 N–H and O–H groups in total. The van der Waals surface area contributed by atoms with Crippen molar-refractivity contribution in [3.05, 3.63) is 35.6 Å². The van der Waals surface area contributed by atoms with Crippen LogP contribution in [0.4, 0.5) is 4.39 Å². The van der Waals surface area contributed by atoms with Crippen molar-refractivity contribution in [3.8, 4) is 0 Å². The van der Waals surface area contributed by atoms with Gasteiger partial charge in [-0.25, -0.2) is 17.1 Å². The largest absolute Gasteiger partial charge is 0.318 e. The average Bonchev–Trinajstić information content (AvgIpc) is 2.32. The second kappa shape index (κ2) is 6.26. The molecular weight excluding hydrogens is 255 g/mol. The summed E-state index contributed by atoms with van der Waals surface area (Å²) in [5.74, 6) is -0.326. The Morgan fingerprint density at radius 1 is 1.33 bits per heavy atom. The number of hydrogen-bond acceptors (Lipinski definition) is 3. The van der Waals surface area contributed by atoms with E-state index in [9.17, 15) is 12.8 Å². The molecule has 0 saturated carbocycles. The summed E-state index contributed by atoms with van der Waals surface area (Å²) in [7, 11) is -0.0855. The minimum atomic E-state index is -3.33. The molecule has 1 rings (SSSR count). The number of halogens is 1. The van der Waals surface area contributed by atoms with E-state index in [-0.39, 0.29) is 12.4 Å². The molecule has 4 nitrogen and oxygen atoms in total. The van der Waals surface area contributed by atoms with Crippen LogP contribution in [0.5, 0.6) is 0 Å². The lowest BCUT2D eigenvalue weighted by molar-refractivity contribution is 0.455. The lowest BCUT2D eigenvalue weighted by Crippen LogP contribution is -2.38.